The van der Waals surface area contributed by atoms with Crippen LogP contribution < -0.4 is 9.80 Å². The lowest BCUT2D eigenvalue weighted by molar-refractivity contribution is 0.589. The summed E-state index contributed by atoms with van der Waals surface area (Å²) in [5.74, 6) is 0. The molecule has 0 bridgehead atoms. The van der Waals surface area contributed by atoms with Gasteiger partial charge in [-0.15, -0.1) is 0 Å². The van der Waals surface area contributed by atoms with Crippen LogP contribution in [0.2, 0.25) is 0 Å². The molecule has 0 saturated heterocycles. The summed E-state index contributed by atoms with van der Waals surface area (Å²) in [5.41, 5.74) is 17.7. The maximum Gasteiger partial charge on any atom is 0.0520 e. The molecular weight excluding hydrogens is 785 g/mol. The number of anilines is 6. The smallest absolute Gasteiger partial charge is 0.0520 e. The second-order valence-electron chi connectivity index (χ2n) is 20.9. The van der Waals surface area contributed by atoms with Gasteiger partial charge in [0.15, 0.2) is 0 Å². The van der Waals surface area contributed by atoms with Crippen LogP contribution in [0.15, 0.2) is 146 Å². The van der Waals surface area contributed by atoms with Gasteiger partial charge in [-0.3, -0.25) is 0 Å². The number of nitrogens with zero attached hydrogens (tertiary/aromatic N) is 2. The molecule has 0 heterocycles. The summed E-state index contributed by atoms with van der Waals surface area (Å²) >= 11 is 0. The van der Waals surface area contributed by atoms with Gasteiger partial charge in [-0.2, -0.15) is 0 Å². The third-order valence-electron chi connectivity index (χ3n) is 13.7. The maximum absolute atomic E-state index is 2.49. The van der Waals surface area contributed by atoms with E-state index in [1.807, 2.05) is 0 Å². The van der Waals surface area contributed by atoms with Gasteiger partial charge in [-0.25, -0.2) is 0 Å². The molecule has 0 saturated carbocycles. The van der Waals surface area contributed by atoms with E-state index in [-0.39, 0.29) is 10.8 Å². The third kappa shape index (κ3) is 8.41. The van der Waals surface area contributed by atoms with Gasteiger partial charge in [0.2, 0.25) is 0 Å². The Labute approximate surface area is 388 Å². The normalized spacial score (nSPS) is 12.2. The highest BCUT2D eigenvalue weighted by Crippen LogP contribution is 2.46. The second kappa shape index (κ2) is 16.9. The van der Waals surface area contributed by atoms with Crippen molar-refractivity contribution in [2.45, 2.75) is 113 Å². The summed E-state index contributed by atoms with van der Waals surface area (Å²) < 4.78 is 0. The highest BCUT2D eigenvalue weighted by Gasteiger charge is 2.24. The van der Waals surface area contributed by atoms with Crippen LogP contribution in [0.4, 0.5) is 34.1 Å². The Morgan fingerprint density at radius 3 is 1.20 bits per heavy atom. The van der Waals surface area contributed by atoms with Gasteiger partial charge < -0.3 is 9.80 Å². The number of hydrogen-bond acceptors (Lipinski definition) is 2. The Balaban J connectivity index is 1.20. The van der Waals surface area contributed by atoms with Crippen LogP contribution in [-0.2, 0) is 17.3 Å². The molecule has 0 unspecified atom stereocenters. The molecule has 0 aliphatic carbocycles. The molecule has 0 N–H and O–H groups in total. The van der Waals surface area contributed by atoms with Gasteiger partial charge in [-0.1, -0.05) is 158 Å². The van der Waals surface area contributed by atoms with Crippen LogP contribution in [0.5, 0.6) is 0 Å². The number of unbranched alkanes of at least 4 members (excludes halogenated alkanes) is 1. The fourth-order valence-corrected chi connectivity index (χ4v) is 10.2. The standard InChI is InChI=1S/C63H66N2/c1-13-14-15-45-33-41(3)60(42(4)34-45)64(54-27-31-59-49(39-54)20-18-47-37-50(62(7,8)9)21-29-57(47)59)52-22-24-53(25-23-52)65(61-43(5)35-51(36-44(61)6)63(10,11)12)55-26-30-58-48(38-55)19-17-46-32-40(2)16-28-56(46)58/h16-39H,13-15H2,1-12H3. The lowest BCUT2D eigenvalue weighted by Crippen LogP contribution is -2.17. The highest BCUT2D eigenvalue weighted by atomic mass is 15.2. The van der Waals surface area contributed by atoms with Crippen molar-refractivity contribution in [3.63, 3.8) is 0 Å². The number of hydrogen-bond donors (Lipinski definition) is 0. The molecule has 0 fully saturated rings. The molecule has 0 radical (unpaired) electrons. The minimum absolute atomic E-state index is 0.0441. The Morgan fingerprint density at radius 2 is 0.754 bits per heavy atom. The van der Waals surface area contributed by atoms with E-state index in [1.54, 1.807) is 0 Å². The van der Waals surface area contributed by atoms with Crippen LogP contribution in [0, 0.1) is 34.6 Å². The first kappa shape index (κ1) is 43.9. The molecular formula is C63H66N2. The minimum atomic E-state index is 0.0441. The Morgan fingerprint density at radius 1 is 0.369 bits per heavy atom. The molecule has 0 aliphatic rings. The number of fused-ring (bicyclic) bond motifs is 6. The zero-order chi connectivity index (χ0) is 45.9. The van der Waals surface area contributed by atoms with Crippen LogP contribution in [0.25, 0.3) is 43.1 Å². The van der Waals surface area contributed by atoms with E-state index in [0.29, 0.717) is 0 Å². The summed E-state index contributed by atoms with van der Waals surface area (Å²) in [7, 11) is 0. The Bertz CT molecular complexity index is 3220. The molecule has 0 spiro atoms. The van der Waals surface area contributed by atoms with Crippen molar-refractivity contribution in [1.29, 1.82) is 0 Å². The number of rotatable bonds is 9. The van der Waals surface area contributed by atoms with Gasteiger partial charge in [0.1, 0.15) is 0 Å². The van der Waals surface area contributed by atoms with Crippen molar-refractivity contribution < 1.29 is 0 Å². The lowest BCUT2D eigenvalue weighted by Gasteiger charge is -2.32. The predicted molar refractivity (Wildman–Crippen MR) is 286 cm³/mol. The second-order valence-corrected chi connectivity index (χ2v) is 20.9. The topological polar surface area (TPSA) is 6.48 Å². The Kier molecular flexibility index (Phi) is 11.4. The first-order valence-corrected chi connectivity index (χ1v) is 23.8. The van der Waals surface area contributed by atoms with Crippen LogP contribution in [0.3, 0.4) is 0 Å². The molecule has 9 rings (SSSR count). The van der Waals surface area contributed by atoms with Crippen LogP contribution in [0.1, 0.15) is 106 Å². The van der Waals surface area contributed by atoms with E-state index in [2.05, 4.69) is 238 Å². The van der Waals surface area contributed by atoms with E-state index in [4.69, 9.17) is 0 Å². The molecule has 9 aromatic carbocycles. The average Bonchev–Trinajstić information content (AvgIpc) is 3.26. The van der Waals surface area contributed by atoms with Crippen molar-refractivity contribution >= 4 is 77.2 Å². The summed E-state index contributed by atoms with van der Waals surface area (Å²) in [6.45, 7) is 27.4. The molecule has 2 nitrogen and oxygen atoms in total. The molecule has 0 amide bonds. The minimum Gasteiger partial charge on any atom is -0.310 e. The summed E-state index contributed by atoms with van der Waals surface area (Å²) in [6, 6.07) is 56.0. The Hall–Kier alpha value is -6.38. The zero-order valence-electron chi connectivity index (χ0n) is 40.9. The quantitative estimate of drug-likeness (QED) is 0.134. The molecule has 0 aliphatic heterocycles. The van der Waals surface area contributed by atoms with Crippen molar-refractivity contribution in [2.24, 2.45) is 0 Å². The maximum atomic E-state index is 2.49. The van der Waals surface area contributed by atoms with Crippen molar-refractivity contribution in [3.8, 4) is 0 Å². The van der Waals surface area contributed by atoms with Gasteiger partial charge in [0.25, 0.3) is 0 Å². The first-order chi connectivity index (χ1) is 31.0. The monoisotopic (exact) mass is 851 g/mol. The van der Waals surface area contributed by atoms with Crippen molar-refractivity contribution in [1.82, 2.24) is 0 Å². The van der Waals surface area contributed by atoms with Crippen molar-refractivity contribution in [3.05, 3.63) is 190 Å². The van der Waals surface area contributed by atoms with Gasteiger partial charge in [0.05, 0.1) is 11.4 Å². The number of benzene rings is 9. The molecule has 0 atom stereocenters. The molecule has 65 heavy (non-hydrogen) atoms. The average molecular weight is 851 g/mol. The first-order valence-electron chi connectivity index (χ1n) is 23.8. The van der Waals surface area contributed by atoms with Gasteiger partial charge >= 0.3 is 0 Å². The van der Waals surface area contributed by atoms with Gasteiger partial charge in [0, 0.05) is 22.7 Å². The summed E-state index contributed by atoms with van der Waals surface area (Å²) in [4.78, 5) is 4.97. The molecule has 2 heteroatoms. The van der Waals surface area contributed by atoms with E-state index < -0.39 is 0 Å². The van der Waals surface area contributed by atoms with Gasteiger partial charge in [-0.05, 0) is 189 Å². The summed E-state index contributed by atoms with van der Waals surface area (Å²) in [6.07, 6.45) is 3.48. The largest absolute Gasteiger partial charge is 0.310 e. The van der Waals surface area contributed by atoms with Crippen LogP contribution >= 0.6 is 0 Å². The molecule has 9 aromatic rings. The zero-order valence-corrected chi connectivity index (χ0v) is 40.9. The third-order valence-corrected chi connectivity index (χ3v) is 13.7. The van der Waals surface area contributed by atoms with Crippen molar-refractivity contribution in [2.75, 3.05) is 9.80 Å². The van der Waals surface area contributed by atoms with E-state index in [9.17, 15) is 0 Å². The van der Waals surface area contributed by atoms with E-state index in [0.717, 1.165) is 29.2 Å². The molecule has 328 valence electrons. The predicted octanol–water partition coefficient (Wildman–Crippen LogP) is 18.7. The fraction of sp³-hybridized carbons (Fsp3) is 0.270. The highest BCUT2D eigenvalue weighted by molar-refractivity contribution is 6.10. The number of aryl methyl sites for hydroxylation is 6. The van der Waals surface area contributed by atoms with E-state index in [1.165, 1.54) is 112 Å². The van der Waals surface area contributed by atoms with E-state index >= 15 is 0 Å². The lowest BCUT2D eigenvalue weighted by atomic mass is 9.84. The summed E-state index contributed by atoms with van der Waals surface area (Å²) in [5, 5.41) is 10.2. The molecule has 0 aromatic heterocycles. The SMILES string of the molecule is CCCCc1cc(C)c(N(c2ccc(N(c3ccc4c(ccc5cc(C)ccc54)c3)c3c(C)cc(C(C)(C)C)cc3C)cc2)c2ccc3c(ccc4cc(C(C)(C)C)ccc43)c2)c(C)c1. The van der Waals surface area contributed by atoms with Crippen LogP contribution in [-0.4, -0.2) is 0 Å². The fourth-order valence-electron chi connectivity index (χ4n) is 10.2.